The van der Waals surface area contributed by atoms with Gasteiger partial charge in [0.15, 0.2) is 8.32 Å². The first-order valence-corrected chi connectivity index (χ1v) is 16.4. The second kappa shape index (κ2) is 11.6. The molecule has 0 aromatic heterocycles. The minimum atomic E-state index is -3.88. The van der Waals surface area contributed by atoms with Crippen LogP contribution < -0.4 is 0 Å². The molecule has 0 saturated carbocycles. The van der Waals surface area contributed by atoms with Crippen LogP contribution >= 0.6 is 0 Å². The van der Waals surface area contributed by atoms with Crippen LogP contribution in [0.5, 0.6) is 0 Å². The molecule has 6 heteroatoms. The van der Waals surface area contributed by atoms with Gasteiger partial charge >= 0.3 is 0 Å². The van der Waals surface area contributed by atoms with E-state index in [1.807, 2.05) is 39.8 Å². The van der Waals surface area contributed by atoms with E-state index in [0.29, 0.717) is 17.2 Å². The van der Waals surface area contributed by atoms with Crippen LogP contribution in [0.15, 0.2) is 17.0 Å². The molecule has 4 nitrogen and oxygen atoms in total. The Morgan fingerprint density at radius 2 is 1.28 bits per heavy atom. The van der Waals surface area contributed by atoms with Crippen molar-refractivity contribution in [1.82, 2.24) is 0 Å². The molecule has 0 aliphatic carbocycles. The normalized spacial score (nSPS) is 13.6. The Morgan fingerprint density at radius 1 is 0.844 bits per heavy atom. The van der Waals surface area contributed by atoms with Crippen molar-refractivity contribution in [2.45, 2.75) is 129 Å². The molecule has 0 aliphatic heterocycles. The van der Waals surface area contributed by atoms with Gasteiger partial charge in [-0.2, -0.15) is 8.42 Å². The average molecular weight is 485 g/mol. The third-order valence-electron chi connectivity index (χ3n) is 6.70. The van der Waals surface area contributed by atoms with Gasteiger partial charge in [-0.25, -0.2) is 0 Å². The lowest BCUT2D eigenvalue weighted by molar-refractivity contribution is 0.0702. The molecule has 32 heavy (non-hydrogen) atoms. The van der Waals surface area contributed by atoms with Crippen LogP contribution in [-0.4, -0.2) is 28.9 Å². The second-order valence-corrected chi connectivity index (χ2v) is 16.9. The number of benzene rings is 1. The SMILES string of the molecule is CC[Si](CC)(CC)OC(C)(C)CCOS(=O)(=O)c1c(C(C)C)cc(C(C)C)cc1C(C)C. The molecular weight excluding hydrogens is 436 g/mol. The van der Waals surface area contributed by atoms with Crippen molar-refractivity contribution in [3.8, 4) is 0 Å². The molecule has 0 spiro atoms. The molecule has 0 saturated heterocycles. The molecule has 0 atom stereocenters. The van der Waals surface area contributed by atoms with Crippen LogP contribution in [0.2, 0.25) is 18.1 Å². The molecule has 0 amide bonds. The van der Waals surface area contributed by atoms with Crippen molar-refractivity contribution in [3.05, 3.63) is 28.8 Å². The maximum absolute atomic E-state index is 13.4. The van der Waals surface area contributed by atoms with E-state index in [4.69, 9.17) is 8.61 Å². The highest BCUT2D eigenvalue weighted by atomic mass is 32.2. The first kappa shape index (κ1) is 29.3. The average Bonchev–Trinajstić information content (AvgIpc) is 2.70. The van der Waals surface area contributed by atoms with E-state index in [1.54, 1.807) is 0 Å². The van der Waals surface area contributed by atoms with Crippen LogP contribution in [-0.2, 0) is 18.7 Å². The molecule has 0 fully saturated rings. The van der Waals surface area contributed by atoms with Gasteiger partial charge in [-0.1, -0.05) is 74.4 Å². The molecule has 1 aromatic carbocycles. The van der Waals surface area contributed by atoms with Crippen molar-refractivity contribution in [2.24, 2.45) is 0 Å². The molecule has 0 heterocycles. The van der Waals surface area contributed by atoms with Gasteiger partial charge in [0.2, 0.25) is 0 Å². The van der Waals surface area contributed by atoms with E-state index in [9.17, 15) is 8.42 Å². The first-order valence-electron chi connectivity index (χ1n) is 12.4. The van der Waals surface area contributed by atoms with Gasteiger partial charge in [-0.3, -0.25) is 4.18 Å². The standard InChI is InChI=1S/C26H48O4SSi/c1-12-32(13-2,14-3)30-26(10,11)15-16-29-31(27,28)25-23(20(6)7)17-22(19(4)5)18-24(25)21(8)9/h17-21H,12-16H2,1-11H3. The van der Waals surface area contributed by atoms with Crippen molar-refractivity contribution in [3.63, 3.8) is 0 Å². The third kappa shape index (κ3) is 7.41. The Labute approximate surface area is 199 Å². The molecule has 0 N–H and O–H groups in total. The predicted octanol–water partition coefficient (Wildman–Crippen LogP) is 7.95. The largest absolute Gasteiger partial charge is 0.412 e. The molecular formula is C26H48O4SSi. The second-order valence-electron chi connectivity index (χ2n) is 10.6. The molecule has 0 unspecified atom stereocenters. The van der Waals surface area contributed by atoms with Gasteiger partial charge < -0.3 is 4.43 Å². The summed E-state index contributed by atoms with van der Waals surface area (Å²) in [6.45, 7) is 23.3. The first-order chi connectivity index (χ1) is 14.6. The van der Waals surface area contributed by atoms with Gasteiger partial charge in [0.25, 0.3) is 10.1 Å². The smallest absolute Gasteiger partial charge is 0.297 e. The van der Waals surface area contributed by atoms with Crippen molar-refractivity contribution < 1.29 is 17.0 Å². The molecule has 1 rings (SSSR count). The Hall–Kier alpha value is -0.693. The lowest BCUT2D eigenvalue weighted by atomic mass is 9.89. The fourth-order valence-electron chi connectivity index (χ4n) is 4.24. The Morgan fingerprint density at radius 3 is 1.62 bits per heavy atom. The fraction of sp³-hybridized carbons (Fsp3) is 0.769. The van der Waals surface area contributed by atoms with Crippen LogP contribution in [0.4, 0.5) is 0 Å². The summed E-state index contributed by atoms with van der Waals surface area (Å²) >= 11 is 0. The fourth-order valence-corrected chi connectivity index (χ4v) is 9.03. The van der Waals surface area contributed by atoms with E-state index in [-0.39, 0.29) is 18.4 Å². The molecule has 186 valence electrons. The van der Waals surface area contributed by atoms with Crippen LogP contribution in [0.1, 0.15) is 117 Å². The summed E-state index contributed by atoms with van der Waals surface area (Å²) in [4.78, 5) is 0.366. The minimum Gasteiger partial charge on any atom is -0.412 e. The van der Waals surface area contributed by atoms with Crippen LogP contribution in [0.25, 0.3) is 0 Å². The lowest BCUT2D eigenvalue weighted by Gasteiger charge is -2.38. The summed E-state index contributed by atoms with van der Waals surface area (Å²) in [6.07, 6.45) is 0.541. The lowest BCUT2D eigenvalue weighted by Crippen LogP contribution is -2.44. The highest BCUT2D eigenvalue weighted by Gasteiger charge is 2.36. The van der Waals surface area contributed by atoms with Crippen LogP contribution in [0, 0.1) is 0 Å². The van der Waals surface area contributed by atoms with Crippen molar-refractivity contribution in [1.29, 1.82) is 0 Å². The number of rotatable bonds is 13. The van der Waals surface area contributed by atoms with Gasteiger partial charge in [0.05, 0.1) is 12.2 Å². The summed E-state index contributed by atoms with van der Waals surface area (Å²) in [5.74, 6) is 0.509. The molecule has 0 bridgehead atoms. The maximum Gasteiger partial charge on any atom is 0.297 e. The number of hydrogen-bond donors (Lipinski definition) is 0. The quantitative estimate of drug-likeness (QED) is 0.210. The Kier molecular flexibility index (Phi) is 10.7. The van der Waals surface area contributed by atoms with E-state index in [1.165, 1.54) is 5.56 Å². The summed E-state index contributed by atoms with van der Waals surface area (Å²) in [6, 6.07) is 7.31. The summed E-state index contributed by atoms with van der Waals surface area (Å²) in [5.41, 5.74) is 2.47. The summed E-state index contributed by atoms with van der Waals surface area (Å²) in [7, 11) is -5.66. The van der Waals surface area contributed by atoms with Gasteiger partial charge in [-0.15, -0.1) is 0 Å². The monoisotopic (exact) mass is 484 g/mol. The van der Waals surface area contributed by atoms with E-state index < -0.39 is 24.0 Å². The zero-order valence-corrected chi connectivity index (χ0v) is 24.3. The van der Waals surface area contributed by atoms with Crippen molar-refractivity contribution >= 4 is 18.4 Å². The Bertz CT molecular complexity index is 800. The summed E-state index contributed by atoms with van der Waals surface area (Å²) in [5, 5.41) is 0. The Balaban J connectivity index is 3.22. The molecule has 0 aliphatic rings. The summed E-state index contributed by atoms with van der Waals surface area (Å²) < 4.78 is 39.2. The minimum absolute atomic E-state index is 0.0876. The highest BCUT2D eigenvalue weighted by Crippen LogP contribution is 2.36. The van der Waals surface area contributed by atoms with E-state index >= 15 is 0 Å². The third-order valence-corrected chi connectivity index (χ3v) is 13.0. The zero-order valence-electron chi connectivity index (χ0n) is 22.5. The topological polar surface area (TPSA) is 52.6 Å². The van der Waals surface area contributed by atoms with E-state index in [0.717, 1.165) is 29.3 Å². The molecule has 0 radical (unpaired) electrons. The number of hydrogen-bond acceptors (Lipinski definition) is 4. The zero-order chi connectivity index (χ0) is 24.9. The predicted molar refractivity (Wildman–Crippen MR) is 139 cm³/mol. The van der Waals surface area contributed by atoms with Crippen LogP contribution in [0.3, 0.4) is 0 Å². The van der Waals surface area contributed by atoms with Gasteiger partial charge in [0, 0.05) is 0 Å². The van der Waals surface area contributed by atoms with Crippen molar-refractivity contribution in [2.75, 3.05) is 6.61 Å². The van der Waals surface area contributed by atoms with E-state index in [2.05, 4.69) is 48.5 Å². The van der Waals surface area contributed by atoms with Gasteiger partial charge in [0.1, 0.15) is 4.90 Å². The maximum atomic E-state index is 13.4. The highest BCUT2D eigenvalue weighted by molar-refractivity contribution is 7.86. The van der Waals surface area contributed by atoms with Gasteiger partial charge in [-0.05, 0) is 72.8 Å². The molecule has 1 aromatic rings.